The van der Waals surface area contributed by atoms with Gasteiger partial charge in [-0.1, -0.05) is 24.6 Å². The Bertz CT molecular complexity index is 728. The fourth-order valence-electron chi connectivity index (χ4n) is 2.96. The third-order valence-electron chi connectivity index (χ3n) is 4.24. The molecule has 0 saturated carbocycles. The van der Waals surface area contributed by atoms with E-state index in [1.165, 1.54) is 37.9 Å². The van der Waals surface area contributed by atoms with Crippen molar-refractivity contribution in [2.75, 3.05) is 37.3 Å². The average Bonchev–Trinajstić information content (AvgIpc) is 2.96. The largest absolute Gasteiger partial charge is 0.546 e. The lowest BCUT2D eigenvalue weighted by Crippen LogP contribution is -2.29. The van der Waals surface area contributed by atoms with E-state index in [2.05, 4.69) is 31.1 Å². The van der Waals surface area contributed by atoms with E-state index in [9.17, 15) is 4.55 Å². The number of ether oxygens (including phenoxy) is 1. The first kappa shape index (κ1) is 18.6. The van der Waals surface area contributed by atoms with Crippen LogP contribution in [0.1, 0.15) is 24.8 Å². The van der Waals surface area contributed by atoms with E-state index >= 15 is 0 Å². The van der Waals surface area contributed by atoms with Crippen molar-refractivity contribution < 1.29 is 9.29 Å². The number of anilines is 2. The fourth-order valence-corrected chi connectivity index (χ4v) is 3.57. The van der Waals surface area contributed by atoms with Crippen LogP contribution < -0.4 is 15.8 Å². The molecule has 140 valence electrons. The van der Waals surface area contributed by atoms with Crippen molar-refractivity contribution >= 4 is 22.8 Å². The summed E-state index contributed by atoms with van der Waals surface area (Å²) in [6.07, 6.45) is 7.79. The van der Waals surface area contributed by atoms with Gasteiger partial charge in [-0.05, 0) is 49.7 Å². The normalized spacial score (nSPS) is 16.1. The number of benzene rings is 1. The average molecular weight is 375 g/mol. The Morgan fingerprint density at radius 3 is 2.85 bits per heavy atom. The van der Waals surface area contributed by atoms with Crippen molar-refractivity contribution in [1.29, 1.82) is 0 Å². The summed E-state index contributed by atoms with van der Waals surface area (Å²) in [5.41, 5.74) is 6.87. The smallest absolute Gasteiger partial charge is 0.232 e. The van der Waals surface area contributed by atoms with Crippen molar-refractivity contribution in [2.45, 2.75) is 25.8 Å². The standard InChI is InChI=1S/C18H25N5O2S/c19-17-18(22-26(24)21-17)20-9-2-5-12-25-16-8-6-7-15(13-16)14-23-10-3-1-4-11-23/h2,5-8,13H,1,3-4,9-12,14H2,(H2,19,21)(H,20,22). The molecule has 3 N–H and O–H groups in total. The fraction of sp³-hybridized carbons (Fsp3) is 0.444. The van der Waals surface area contributed by atoms with Crippen LogP contribution in [0.3, 0.4) is 0 Å². The van der Waals surface area contributed by atoms with E-state index in [4.69, 9.17) is 10.5 Å². The summed E-state index contributed by atoms with van der Waals surface area (Å²) >= 11 is -1.59. The molecule has 7 nitrogen and oxygen atoms in total. The van der Waals surface area contributed by atoms with Crippen LogP contribution in [-0.4, -0.2) is 44.4 Å². The van der Waals surface area contributed by atoms with Gasteiger partial charge in [-0.3, -0.25) is 4.90 Å². The minimum absolute atomic E-state index is 0.179. The summed E-state index contributed by atoms with van der Waals surface area (Å²) in [6, 6.07) is 8.28. The number of nitrogens with two attached hydrogens (primary N) is 1. The predicted molar refractivity (Wildman–Crippen MR) is 104 cm³/mol. The van der Waals surface area contributed by atoms with Crippen LogP contribution >= 0.6 is 11.1 Å². The van der Waals surface area contributed by atoms with Crippen LogP contribution in [0.4, 0.5) is 11.6 Å². The summed E-state index contributed by atoms with van der Waals surface area (Å²) in [6.45, 7) is 4.37. The molecule has 1 aliphatic heterocycles. The highest BCUT2D eigenvalue weighted by Gasteiger charge is 2.11. The van der Waals surface area contributed by atoms with E-state index in [0.717, 1.165) is 12.3 Å². The Morgan fingerprint density at radius 2 is 2.08 bits per heavy atom. The number of piperidine rings is 1. The molecule has 1 fully saturated rings. The molecule has 1 atom stereocenters. The van der Waals surface area contributed by atoms with Gasteiger partial charge in [-0.25, -0.2) is 0 Å². The number of nitrogens with zero attached hydrogens (tertiary/aromatic N) is 3. The first-order valence-corrected chi connectivity index (χ1v) is 9.95. The lowest BCUT2D eigenvalue weighted by atomic mass is 10.1. The van der Waals surface area contributed by atoms with E-state index < -0.39 is 11.1 Å². The number of nitrogens with one attached hydrogen (secondary N) is 1. The van der Waals surface area contributed by atoms with Gasteiger partial charge in [-0.15, -0.1) is 0 Å². The Balaban J connectivity index is 1.40. The zero-order valence-corrected chi connectivity index (χ0v) is 15.6. The molecule has 0 aliphatic carbocycles. The first-order chi connectivity index (χ1) is 12.7. The van der Waals surface area contributed by atoms with Crippen LogP contribution in [-0.2, 0) is 6.54 Å². The highest BCUT2D eigenvalue weighted by Crippen LogP contribution is 2.19. The Kier molecular flexibility index (Phi) is 6.82. The van der Waals surface area contributed by atoms with Gasteiger partial charge in [0.15, 0.2) is 11.1 Å². The lowest BCUT2D eigenvalue weighted by Gasteiger charge is -2.26. The quantitative estimate of drug-likeness (QED) is 0.540. The molecule has 1 unspecified atom stereocenters. The van der Waals surface area contributed by atoms with Gasteiger partial charge >= 0.3 is 0 Å². The van der Waals surface area contributed by atoms with Gasteiger partial charge < -0.3 is 20.3 Å². The molecule has 1 aromatic heterocycles. The SMILES string of the molecule is Nc1n[s+]([O-])nc1NCC=CCOc1cccc(CN2CCCCC2)c1. The number of likely N-dealkylation sites (tertiary alicyclic amines) is 1. The van der Waals surface area contributed by atoms with Crippen molar-refractivity contribution in [3.8, 4) is 5.75 Å². The molecule has 2 aromatic rings. The highest BCUT2D eigenvalue weighted by atomic mass is 32.2. The maximum absolute atomic E-state index is 11.1. The lowest BCUT2D eigenvalue weighted by molar-refractivity contribution is 0.220. The van der Waals surface area contributed by atoms with Crippen LogP contribution in [0.5, 0.6) is 5.75 Å². The Morgan fingerprint density at radius 1 is 1.23 bits per heavy atom. The third-order valence-corrected chi connectivity index (χ3v) is 4.93. The van der Waals surface area contributed by atoms with Gasteiger partial charge in [-0.2, -0.15) is 0 Å². The Hall–Kier alpha value is -2.16. The molecule has 8 heteroatoms. The maximum Gasteiger partial charge on any atom is 0.232 e. The number of nitrogen functional groups attached to an aromatic ring is 1. The monoisotopic (exact) mass is 375 g/mol. The van der Waals surface area contributed by atoms with Crippen LogP contribution in [0.15, 0.2) is 36.4 Å². The number of aromatic nitrogens is 2. The number of rotatable bonds is 8. The van der Waals surface area contributed by atoms with Gasteiger partial charge in [0.05, 0.1) is 0 Å². The molecule has 26 heavy (non-hydrogen) atoms. The van der Waals surface area contributed by atoms with Crippen molar-refractivity contribution in [2.24, 2.45) is 0 Å². The van der Waals surface area contributed by atoms with E-state index in [0.29, 0.717) is 19.0 Å². The summed E-state index contributed by atoms with van der Waals surface area (Å²) < 4.78 is 24.3. The summed E-state index contributed by atoms with van der Waals surface area (Å²) in [5, 5.41) is 2.97. The minimum Gasteiger partial charge on any atom is -0.546 e. The zero-order valence-electron chi connectivity index (χ0n) is 14.8. The highest BCUT2D eigenvalue weighted by molar-refractivity contribution is 7.14. The molecule has 1 aromatic carbocycles. The molecular formula is C18H25N5O2S. The molecule has 0 amide bonds. The van der Waals surface area contributed by atoms with E-state index in [1.807, 2.05) is 24.3 Å². The molecule has 0 spiro atoms. The van der Waals surface area contributed by atoms with Gasteiger partial charge in [0.1, 0.15) is 12.4 Å². The van der Waals surface area contributed by atoms with Crippen molar-refractivity contribution in [1.82, 2.24) is 13.6 Å². The molecule has 0 radical (unpaired) electrons. The molecular weight excluding hydrogens is 350 g/mol. The van der Waals surface area contributed by atoms with Gasteiger partial charge in [0, 0.05) is 21.8 Å². The second kappa shape index (κ2) is 9.51. The number of hydrogen-bond acceptors (Lipinski definition) is 7. The van der Waals surface area contributed by atoms with Crippen molar-refractivity contribution in [3.05, 3.63) is 42.0 Å². The van der Waals surface area contributed by atoms with Crippen molar-refractivity contribution in [3.63, 3.8) is 0 Å². The third kappa shape index (κ3) is 5.69. The summed E-state index contributed by atoms with van der Waals surface area (Å²) in [5.74, 6) is 1.43. The summed E-state index contributed by atoms with van der Waals surface area (Å²) in [7, 11) is 0. The van der Waals surface area contributed by atoms with Gasteiger partial charge in [0.25, 0.3) is 0 Å². The molecule has 3 rings (SSSR count). The first-order valence-electron chi connectivity index (χ1n) is 8.89. The van der Waals surface area contributed by atoms with Crippen LogP contribution in [0.25, 0.3) is 0 Å². The zero-order chi connectivity index (χ0) is 18.2. The molecule has 1 saturated heterocycles. The number of hydrogen-bond donors (Lipinski definition) is 2. The molecule has 2 heterocycles. The maximum atomic E-state index is 11.1. The Labute approximate surface area is 157 Å². The minimum atomic E-state index is -1.59. The molecule has 0 bridgehead atoms. The topological polar surface area (TPSA) is 99.4 Å². The summed E-state index contributed by atoms with van der Waals surface area (Å²) in [4.78, 5) is 2.50. The van der Waals surface area contributed by atoms with Crippen LogP contribution in [0, 0.1) is 0 Å². The van der Waals surface area contributed by atoms with E-state index in [1.54, 1.807) is 0 Å². The second-order valence-corrected chi connectivity index (χ2v) is 7.12. The van der Waals surface area contributed by atoms with Gasteiger partial charge in [0.2, 0.25) is 11.6 Å². The predicted octanol–water partition coefficient (Wildman–Crippen LogP) is 2.82. The van der Waals surface area contributed by atoms with Crippen LogP contribution in [0.2, 0.25) is 0 Å². The molecule has 1 aliphatic rings. The second-order valence-electron chi connectivity index (χ2n) is 6.29. The van der Waals surface area contributed by atoms with E-state index in [-0.39, 0.29) is 5.82 Å².